The number of hydrogen-bond donors (Lipinski definition) is 1. The summed E-state index contributed by atoms with van der Waals surface area (Å²) in [6.07, 6.45) is 0.890. The van der Waals surface area contributed by atoms with Crippen molar-refractivity contribution in [3.8, 4) is 17.0 Å². The van der Waals surface area contributed by atoms with E-state index in [9.17, 15) is 4.79 Å². The van der Waals surface area contributed by atoms with Gasteiger partial charge >= 0.3 is 0 Å². The molecule has 3 aromatic rings. The molecule has 0 radical (unpaired) electrons. The highest BCUT2D eigenvalue weighted by Gasteiger charge is 2.15. The number of hydrogen-bond acceptors (Lipinski definition) is 2. The zero-order valence-corrected chi connectivity index (χ0v) is 13.4. The zero-order chi connectivity index (χ0) is 15.9. The van der Waals surface area contributed by atoms with Gasteiger partial charge in [0.25, 0.3) is 0 Å². The highest BCUT2D eigenvalue weighted by molar-refractivity contribution is 6.32. The summed E-state index contributed by atoms with van der Waals surface area (Å²) in [6.45, 7) is 3.92. The Hall–Kier alpha value is -2.26. The summed E-state index contributed by atoms with van der Waals surface area (Å²) in [6, 6.07) is 9.56. The lowest BCUT2D eigenvalue weighted by Crippen LogP contribution is -1.89. The van der Waals surface area contributed by atoms with Crippen LogP contribution in [-0.4, -0.2) is 18.4 Å². The van der Waals surface area contributed by atoms with Crippen molar-refractivity contribution in [3.05, 3.63) is 52.0 Å². The van der Waals surface area contributed by atoms with Crippen LogP contribution in [0.2, 0.25) is 5.02 Å². The van der Waals surface area contributed by atoms with Gasteiger partial charge in [-0.25, -0.2) is 0 Å². The maximum atomic E-state index is 11.6. The van der Waals surface area contributed by atoms with Gasteiger partial charge in [0, 0.05) is 16.0 Å². The number of halogens is 1. The van der Waals surface area contributed by atoms with Crippen molar-refractivity contribution in [2.75, 3.05) is 7.11 Å². The Morgan fingerprint density at radius 1 is 1.18 bits per heavy atom. The number of fused-ring (bicyclic) bond motifs is 1. The molecule has 1 heterocycles. The summed E-state index contributed by atoms with van der Waals surface area (Å²) in [5, 5.41) is 1.57. The van der Waals surface area contributed by atoms with Gasteiger partial charge in [0.05, 0.1) is 18.3 Å². The van der Waals surface area contributed by atoms with Gasteiger partial charge < -0.3 is 9.72 Å². The standard InChI is InChI=1S/C18H16ClNO2/c1-10-8-12(4-7-16(10)22-3)18-14(9-21)13-5-6-15(19)11(2)17(13)20-18/h4-9,20H,1-3H3. The molecule has 0 aliphatic carbocycles. The first-order valence-corrected chi connectivity index (χ1v) is 7.35. The van der Waals surface area contributed by atoms with Gasteiger partial charge in [0.2, 0.25) is 0 Å². The van der Waals surface area contributed by atoms with E-state index in [0.717, 1.165) is 45.3 Å². The van der Waals surface area contributed by atoms with Crippen LogP contribution in [0.1, 0.15) is 21.5 Å². The van der Waals surface area contributed by atoms with Crippen molar-refractivity contribution in [2.24, 2.45) is 0 Å². The van der Waals surface area contributed by atoms with E-state index in [-0.39, 0.29) is 0 Å². The number of aromatic amines is 1. The summed E-state index contributed by atoms with van der Waals surface area (Å²) < 4.78 is 5.29. The highest BCUT2D eigenvalue weighted by atomic mass is 35.5. The van der Waals surface area contributed by atoms with Crippen LogP contribution in [0.4, 0.5) is 0 Å². The van der Waals surface area contributed by atoms with E-state index in [1.54, 1.807) is 7.11 Å². The molecule has 0 unspecified atom stereocenters. The highest BCUT2D eigenvalue weighted by Crippen LogP contribution is 2.34. The molecule has 4 heteroatoms. The number of ether oxygens (including phenoxy) is 1. The maximum Gasteiger partial charge on any atom is 0.152 e. The normalized spacial score (nSPS) is 10.9. The minimum atomic E-state index is 0.652. The molecule has 1 aromatic heterocycles. The summed E-state index contributed by atoms with van der Waals surface area (Å²) in [7, 11) is 1.65. The van der Waals surface area contributed by atoms with Gasteiger partial charge in [-0.15, -0.1) is 0 Å². The van der Waals surface area contributed by atoms with Crippen molar-refractivity contribution >= 4 is 28.8 Å². The van der Waals surface area contributed by atoms with E-state index >= 15 is 0 Å². The fraction of sp³-hybridized carbons (Fsp3) is 0.167. The number of aldehydes is 1. The minimum Gasteiger partial charge on any atom is -0.496 e. The predicted molar refractivity (Wildman–Crippen MR) is 90.2 cm³/mol. The van der Waals surface area contributed by atoms with Gasteiger partial charge in [-0.05, 0) is 54.8 Å². The number of carbonyl (C=O) groups excluding carboxylic acids is 1. The number of H-pyrrole nitrogens is 1. The molecule has 0 aliphatic rings. The molecule has 0 fully saturated rings. The lowest BCUT2D eigenvalue weighted by Gasteiger charge is -2.07. The summed E-state index contributed by atoms with van der Waals surface area (Å²) in [4.78, 5) is 15.0. The molecule has 2 aromatic carbocycles. The molecular weight excluding hydrogens is 298 g/mol. The van der Waals surface area contributed by atoms with Crippen molar-refractivity contribution in [1.82, 2.24) is 4.98 Å². The number of benzene rings is 2. The smallest absolute Gasteiger partial charge is 0.152 e. The van der Waals surface area contributed by atoms with Crippen LogP contribution in [0.5, 0.6) is 5.75 Å². The van der Waals surface area contributed by atoms with E-state index in [2.05, 4.69) is 4.98 Å². The molecule has 3 rings (SSSR count). The number of aromatic nitrogens is 1. The average Bonchev–Trinajstić information content (AvgIpc) is 2.90. The molecule has 0 saturated carbocycles. The van der Waals surface area contributed by atoms with Crippen molar-refractivity contribution in [3.63, 3.8) is 0 Å². The van der Waals surface area contributed by atoms with Crippen molar-refractivity contribution in [1.29, 1.82) is 0 Å². The molecule has 0 amide bonds. The van der Waals surface area contributed by atoms with Gasteiger partial charge in [-0.3, -0.25) is 4.79 Å². The number of rotatable bonds is 3. The largest absolute Gasteiger partial charge is 0.496 e. The Bertz CT molecular complexity index is 880. The Morgan fingerprint density at radius 2 is 1.95 bits per heavy atom. The molecular formula is C18H16ClNO2. The van der Waals surface area contributed by atoms with Crippen LogP contribution >= 0.6 is 11.6 Å². The quantitative estimate of drug-likeness (QED) is 0.697. The van der Waals surface area contributed by atoms with E-state index in [4.69, 9.17) is 16.3 Å². The van der Waals surface area contributed by atoms with Crippen LogP contribution in [-0.2, 0) is 0 Å². The molecule has 112 valence electrons. The van der Waals surface area contributed by atoms with Crippen LogP contribution in [0, 0.1) is 13.8 Å². The molecule has 1 N–H and O–H groups in total. The average molecular weight is 314 g/mol. The summed E-state index contributed by atoms with van der Waals surface area (Å²) in [5.41, 5.74) is 5.27. The first kappa shape index (κ1) is 14.7. The lowest BCUT2D eigenvalue weighted by molar-refractivity contribution is 0.112. The Kier molecular flexibility index (Phi) is 3.67. The molecule has 3 nitrogen and oxygen atoms in total. The number of carbonyl (C=O) groups is 1. The minimum absolute atomic E-state index is 0.652. The monoisotopic (exact) mass is 313 g/mol. The van der Waals surface area contributed by atoms with E-state index < -0.39 is 0 Å². The Labute approximate surface area is 133 Å². The van der Waals surface area contributed by atoms with Crippen LogP contribution < -0.4 is 4.74 Å². The molecule has 0 atom stereocenters. The van der Waals surface area contributed by atoms with E-state index in [1.807, 2.05) is 44.2 Å². The lowest BCUT2D eigenvalue weighted by atomic mass is 10.0. The third kappa shape index (κ3) is 2.18. The number of methoxy groups -OCH3 is 1. The second-order valence-electron chi connectivity index (χ2n) is 5.31. The van der Waals surface area contributed by atoms with Gasteiger partial charge in [0.15, 0.2) is 6.29 Å². The predicted octanol–water partition coefficient (Wildman–Crippen LogP) is 4.93. The van der Waals surface area contributed by atoms with Crippen LogP contribution in [0.15, 0.2) is 30.3 Å². The first-order valence-electron chi connectivity index (χ1n) is 6.97. The third-order valence-corrected chi connectivity index (χ3v) is 4.42. The Balaban J connectivity index is 2.29. The summed E-state index contributed by atoms with van der Waals surface area (Å²) >= 11 is 6.18. The third-order valence-electron chi connectivity index (χ3n) is 4.01. The van der Waals surface area contributed by atoms with Gasteiger partial charge in [-0.1, -0.05) is 17.7 Å². The maximum absolute atomic E-state index is 11.6. The van der Waals surface area contributed by atoms with Gasteiger partial charge in [-0.2, -0.15) is 0 Å². The molecule has 0 aliphatic heterocycles. The fourth-order valence-electron chi connectivity index (χ4n) is 2.78. The topological polar surface area (TPSA) is 42.1 Å². The van der Waals surface area contributed by atoms with E-state index in [0.29, 0.717) is 10.6 Å². The molecule has 0 saturated heterocycles. The first-order chi connectivity index (χ1) is 10.6. The number of nitrogens with one attached hydrogen (secondary N) is 1. The zero-order valence-electron chi connectivity index (χ0n) is 12.7. The Morgan fingerprint density at radius 3 is 2.59 bits per heavy atom. The molecule has 0 spiro atoms. The second-order valence-corrected chi connectivity index (χ2v) is 5.72. The SMILES string of the molecule is COc1ccc(-c2[nH]c3c(C)c(Cl)ccc3c2C=O)cc1C. The van der Waals surface area contributed by atoms with Crippen molar-refractivity contribution in [2.45, 2.75) is 13.8 Å². The van der Waals surface area contributed by atoms with Crippen LogP contribution in [0.25, 0.3) is 22.2 Å². The summed E-state index contributed by atoms with van der Waals surface area (Å²) in [5.74, 6) is 0.826. The number of aryl methyl sites for hydroxylation is 2. The molecule has 0 bridgehead atoms. The second kappa shape index (κ2) is 5.50. The van der Waals surface area contributed by atoms with Crippen LogP contribution in [0.3, 0.4) is 0 Å². The fourth-order valence-corrected chi connectivity index (χ4v) is 2.94. The van der Waals surface area contributed by atoms with E-state index in [1.165, 1.54) is 0 Å². The molecule has 22 heavy (non-hydrogen) atoms. The van der Waals surface area contributed by atoms with Gasteiger partial charge in [0.1, 0.15) is 5.75 Å². The van der Waals surface area contributed by atoms with Crippen molar-refractivity contribution < 1.29 is 9.53 Å².